The fourth-order valence-corrected chi connectivity index (χ4v) is 2.79. The van der Waals surface area contributed by atoms with E-state index in [1.165, 1.54) is 0 Å². The van der Waals surface area contributed by atoms with E-state index in [0.29, 0.717) is 0 Å². The minimum atomic E-state index is 0.767. The van der Waals surface area contributed by atoms with Crippen molar-refractivity contribution in [1.82, 2.24) is 25.3 Å². The van der Waals surface area contributed by atoms with Crippen LogP contribution in [0.5, 0.6) is 0 Å². The van der Waals surface area contributed by atoms with Crippen LogP contribution in [-0.4, -0.2) is 25.3 Å². The second-order valence-corrected chi connectivity index (χ2v) is 6.02. The van der Waals surface area contributed by atoms with E-state index in [-0.39, 0.29) is 0 Å². The number of benzene rings is 1. The van der Waals surface area contributed by atoms with Gasteiger partial charge in [0.2, 0.25) is 0 Å². The van der Waals surface area contributed by atoms with Crippen molar-refractivity contribution in [1.29, 1.82) is 0 Å². The number of hydrogen-bond acceptors (Lipinski definition) is 5. The van der Waals surface area contributed by atoms with Gasteiger partial charge >= 0.3 is 0 Å². The van der Waals surface area contributed by atoms with Crippen LogP contribution in [-0.2, 0) is 0 Å². The topological polar surface area (TPSA) is 80.5 Å². The molecule has 0 bridgehead atoms. The third-order valence-corrected chi connectivity index (χ3v) is 4.20. The van der Waals surface area contributed by atoms with E-state index in [1.807, 2.05) is 52.0 Å². The number of aromatic amines is 1. The number of H-pyrrole nitrogens is 1. The molecule has 6 heteroatoms. The molecule has 0 aliphatic heterocycles. The number of nitrogens with zero attached hydrogens (tertiary/aromatic N) is 4. The number of imidazole rings is 1. The van der Waals surface area contributed by atoms with Crippen molar-refractivity contribution >= 4 is 11.0 Å². The van der Waals surface area contributed by atoms with Gasteiger partial charge in [0.15, 0.2) is 5.76 Å². The Bertz CT molecular complexity index is 1040. The van der Waals surface area contributed by atoms with Crippen molar-refractivity contribution in [3.8, 4) is 22.6 Å². The van der Waals surface area contributed by atoms with E-state index in [1.54, 1.807) is 0 Å². The summed E-state index contributed by atoms with van der Waals surface area (Å²) in [6.45, 7) is 7.80. The summed E-state index contributed by atoms with van der Waals surface area (Å²) in [6.07, 6.45) is 0. The Morgan fingerprint density at radius 3 is 2.50 bits per heavy atom. The molecule has 3 aromatic heterocycles. The third kappa shape index (κ3) is 2.27. The maximum Gasteiger partial charge on any atom is 0.170 e. The van der Waals surface area contributed by atoms with Gasteiger partial charge in [-0.25, -0.2) is 4.98 Å². The number of nitrogens with one attached hydrogen (secondary N) is 1. The van der Waals surface area contributed by atoms with Crippen molar-refractivity contribution < 1.29 is 4.52 Å². The lowest BCUT2D eigenvalue weighted by Gasteiger charge is -2.05. The zero-order valence-corrected chi connectivity index (χ0v) is 14.0. The van der Waals surface area contributed by atoms with Gasteiger partial charge in [0.1, 0.15) is 5.82 Å². The second kappa shape index (κ2) is 5.26. The Morgan fingerprint density at radius 1 is 1.00 bits per heavy atom. The lowest BCUT2D eigenvalue weighted by atomic mass is 10.0. The van der Waals surface area contributed by atoms with Crippen LogP contribution in [0.3, 0.4) is 0 Å². The van der Waals surface area contributed by atoms with Gasteiger partial charge in [0, 0.05) is 16.7 Å². The third-order valence-electron chi connectivity index (χ3n) is 4.20. The normalized spacial score (nSPS) is 11.3. The summed E-state index contributed by atoms with van der Waals surface area (Å²) in [6, 6.07) is 7.98. The van der Waals surface area contributed by atoms with Crippen molar-refractivity contribution in [2.75, 3.05) is 0 Å². The Kier molecular flexibility index (Phi) is 3.19. The predicted molar refractivity (Wildman–Crippen MR) is 91.6 cm³/mol. The number of aromatic nitrogens is 5. The first kappa shape index (κ1) is 14.6. The van der Waals surface area contributed by atoms with E-state index in [4.69, 9.17) is 4.52 Å². The Morgan fingerprint density at radius 2 is 1.83 bits per heavy atom. The first-order valence-electron chi connectivity index (χ1n) is 7.77. The van der Waals surface area contributed by atoms with Gasteiger partial charge in [-0.2, -0.15) is 10.2 Å². The predicted octanol–water partition coefficient (Wildman–Crippen LogP) is 3.91. The van der Waals surface area contributed by atoms with Gasteiger partial charge in [-0.15, -0.1) is 0 Å². The SMILES string of the molecule is Cc1ccc(-c2cc(-c3onc(C)c3C)cc3[nH]c(C)nc23)nn1. The Hall–Kier alpha value is -3.02. The number of hydrogen-bond donors (Lipinski definition) is 1. The van der Waals surface area contributed by atoms with E-state index in [2.05, 4.69) is 25.3 Å². The van der Waals surface area contributed by atoms with E-state index < -0.39 is 0 Å². The molecule has 1 N–H and O–H groups in total. The van der Waals surface area contributed by atoms with E-state index in [9.17, 15) is 0 Å². The molecule has 0 radical (unpaired) electrons. The van der Waals surface area contributed by atoms with E-state index >= 15 is 0 Å². The van der Waals surface area contributed by atoms with Crippen molar-refractivity contribution in [3.63, 3.8) is 0 Å². The Balaban J connectivity index is 2.00. The summed E-state index contributed by atoms with van der Waals surface area (Å²) < 4.78 is 5.53. The molecule has 0 saturated heterocycles. The van der Waals surface area contributed by atoms with E-state index in [0.717, 1.165) is 56.4 Å². The Labute approximate surface area is 138 Å². The molecule has 0 atom stereocenters. The molecule has 4 rings (SSSR count). The molecular formula is C18H17N5O. The molecule has 0 fully saturated rings. The van der Waals surface area contributed by atoms with Crippen LogP contribution in [0.4, 0.5) is 0 Å². The molecule has 4 aromatic rings. The summed E-state index contributed by atoms with van der Waals surface area (Å²) in [5.41, 5.74) is 7.28. The number of aryl methyl sites for hydroxylation is 3. The molecule has 6 nitrogen and oxygen atoms in total. The molecule has 0 spiro atoms. The minimum absolute atomic E-state index is 0.767. The first-order valence-corrected chi connectivity index (χ1v) is 7.77. The number of rotatable bonds is 2. The molecule has 0 aliphatic carbocycles. The van der Waals surface area contributed by atoms with Crippen molar-refractivity contribution in [2.24, 2.45) is 0 Å². The van der Waals surface area contributed by atoms with Gasteiger partial charge in [-0.05, 0) is 52.0 Å². The highest BCUT2D eigenvalue weighted by atomic mass is 16.5. The largest absolute Gasteiger partial charge is 0.356 e. The maximum atomic E-state index is 5.53. The fraction of sp³-hybridized carbons (Fsp3) is 0.222. The molecule has 0 unspecified atom stereocenters. The zero-order valence-electron chi connectivity index (χ0n) is 14.0. The van der Waals surface area contributed by atoms with Gasteiger partial charge in [-0.3, -0.25) is 0 Å². The quantitative estimate of drug-likeness (QED) is 0.606. The second-order valence-electron chi connectivity index (χ2n) is 6.02. The highest BCUT2D eigenvalue weighted by molar-refractivity contribution is 5.94. The van der Waals surface area contributed by atoms with Gasteiger partial charge < -0.3 is 9.51 Å². The van der Waals surface area contributed by atoms with Gasteiger partial charge in [-0.1, -0.05) is 5.16 Å². The van der Waals surface area contributed by atoms with Crippen LogP contribution in [0.2, 0.25) is 0 Å². The number of fused-ring (bicyclic) bond motifs is 1. The average Bonchev–Trinajstić information content (AvgIpc) is 3.09. The van der Waals surface area contributed by atoms with Crippen molar-refractivity contribution in [3.05, 3.63) is 47.0 Å². The molecule has 120 valence electrons. The highest BCUT2D eigenvalue weighted by Crippen LogP contribution is 2.34. The molecule has 0 saturated carbocycles. The van der Waals surface area contributed by atoms with Crippen LogP contribution >= 0.6 is 0 Å². The lowest BCUT2D eigenvalue weighted by molar-refractivity contribution is 0.427. The van der Waals surface area contributed by atoms with Crippen LogP contribution in [0, 0.1) is 27.7 Å². The standard InChI is InChI=1S/C18H17N5O/c1-9-5-6-15(22-21-9)14-7-13(18-10(2)11(3)23-24-18)8-16-17(14)20-12(4)19-16/h5-8H,1-4H3,(H,19,20). The molecular weight excluding hydrogens is 302 g/mol. The minimum Gasteiger partial charge on any atom is -0.356 e. The fourth-order valence-electron chi connectivity index (χ4n) is 2.79. The molecule has 24 heavy (non-hydrogen) atoms. The van der Waals surface area contributed by atoms with Crippen LogP contribution in [0.1, 0.15) is 22.8 Å². The molecule has 0 aliphatic rings. The van der Waals surface area contributed by atoms with Crippen LogP contribution < -0.4 is 0 Å². The first-order chi connectivity index (χ1) is 11.5. The monoisotopic (exact) mass is 319 g/mol. The smallest absolute Gasteiger partial charge is 0.170 e. The summed E-state index contributed by atoms with van der Waals surface area (Å²) >= 11 is 0. The van der Waals surface area contributed by atoms with Gasteiger partial charge in [0.05, 0.1) is 28.1 Å². The highest BCUT2D eigenvalue weighted by Gasteiger charge is 2.17. The summed E-state index contributed by atoms with van der Waals surface area (Å²) in [4.78, 5) is 7.90. The summed E-state index contributed by atoms with van der Waals surface area (Å²) in [7, 11) is 0. The zero-order chi connectivity index (χ0) is 16.8. The maximum absolute atomic E-state index is 5.53. The molecule has 1 aromatic carbocycles. The van der Waals surface area contributed by atoms with Crippen LogP contribution in [0.15, 0.2) is 28.8 Å². The molecule has 0 amide bonds. The van der Waals surface area contributed by atoms with Crippen LogP contribution in [0.25, 0.3) is 33.6 Å². The van der Waals surface area contributed by atoms with Gasteiger partial charge in [0.25, 0.3) is 0 Å². The van der Waals surface area contributed by atoms with Crippen molar-refractivity contribution in [2.45, 2.75) is 27.7 Å². The molecule has 3 heterocycles. The lowest BCUT2D eigenvalue weighted by Crippen LogP contribution is -1.92. The summed E-state index contributed by atoms with van der Waals surface area (Å²) in [5.74, 6) is 1.62. The summed E-state index contributed by atoms with van der Waals surface area (Å²) in [5, 5.41) is 12.6. The average molecular weight is 319 g/mol.